The lowest BCUT2D eigenvalue weighted by Gasteiger charge is -2.14. The molecule has 5 nitrogen and oxygen atoms in total. The van der Waals surface area contributed by atoms with Crippen LogP contribution in [0, 0.1) is 13.8 Å². The van der Waals surface area contributed by atoms with Gasteiger partial charge in [-0.3, -0.25) is 4.68 Å². The maximum absolute atomic E-state index is 5.10. The first-order chi connectivity index (χ1) is 9.11. The molecular weight excluding hydrogens is 260 g/mol. The van der Waals surface area contributed by atoms with Gasteiger partial charge in [0, 0.05) is 37.3 Å². The minimum Gasteiger partial charge on any atom is -0.383 e. The van der Waals surface area contributed by atoms with Crippen LogP contribution in [0.5, 0.6) is 0 Å². The molecule has 1 N–H and O–H groups in total. The first kappa shape index (κ1) is 14.2. The van der Waals surface area contributed by atoms with Crippen molar-refractivity contribution in [2.75, 3.05) is 20.3 Å². The molecule has 0 saturated heterocycles. The van der Waals surface area contributed by atoms with Crippen molar-refractivity contribution in [1.29, 1.82) is 0 Å². The molecule has 0 aliphatic heterocycles. The molecule has 1 unspecified atom stereocenters. The van der Waals surface area contributed by atoms with Crippen LogP contribution in [0.2, 0.25) is 0 Å². The highest BCUT2D eigenvalue weighted by Crippen LogP contribution is 2.27. The van der Waals surface area contributed by atoms with Crippen molar-refractivity contribution in [2.24, 2.45) is 7.05 Å². The van der Waals surface area contributed by atoms with Gasteiger partial charge in [-0.05, 0) is 13.8 Å². The Bertz CT molecular complexity index is 515. The van der Waals surface area contributed by atoms with Gasteiger partial charge in [0.25, 0.3) is 0 Å². The number of rotatable bonds is 6. The van der Waals surface area contributed by atoms with E-state index < -0.39 is 0 Å². The number of aromatic nitrogens is 3. The van der Waals surface area contributed by atoms with Crippen LogP contribution in [-0.2, 0) is 11.8 Å². The van der Waals surface area contributed by atoms with E-state index in [1.54, 1.807) is 18.4 Å². The van der Waals surface area contributed by atoms with Crippen molar-refractivity contribution in [1.82, 2.24) is 20.1 Å². The fourth-order valence-corrected chi connectivity index (χ4v) is 2.89. The quantitative estimate of drug-likeness (QED) is 0.820. The van der Waals surface area contributed by atoms with Gasteiger partial charge in [-0.1, -0.05) is 0 Å². The monoisotopic (exact) mass is 280 g/mol. The van der Waals surface area contributed by atoms with Crippen LogP contribution in [0.3, 0.4) is 0 Å². The molecule has 2 aromatic heterocycles. The second-order valence-corrected chi connectivity index (χ2v) is 5.76. The minimum absolute atomic E-state index is 0.0845. The predicted molar refractivity (Wildman–Crippen MR) is 76.5 cm³/mol. The van der Waals surface area contributed by atoms with Crippen LogP contribution < -0.4 is 5.32 Å². The summed E-state index contributed by atoms with van der Waals surface area (Å²) in [6, 6.07) is 0.0845. The fourth-order valence-electron chi connectivity index (χ4n) is 1.86. The van der Waals surface area contributed by atoms with Crippen LogP contribution in [0.4, 0.5) is 0 Å². The standard InChI is InChI=1S/C13H20N4OS/c1-9-10(2)19-13(16-9)12(14-5-6-18-4)11-7-15-17(3)8-11/h7-8,12,14H,5-6H2,1-4H3. The summed E-state index contributed by atoms with van der Waals surface area (Å²) in [5.41, 5.74) is 2.23. The second-order valence-electron chi connectivity index (χ2n) is 4.52. The van der Waals surface area contributed by atoms with E-state index in [2.05, 4.69) is 22.3 Å². The van der Waals surface area contributed by atoms with Gasteiger partial charge in [0.05, 0.1) is 24.5 Å². The largest absolute Gasteiger partial charge is 0.383 e. The van der Waals surface area contributed by atoms with Crippen molar-refractivity contribution in [3.63, 3.8) is 0 Å². The van der Waals surface area contributed by atoms with Crippen LogP contribution >= 0.6 is 11.3 Å². The average Bonchev–Trinajstić information content (AvgIpc) is 2.93. The summed E-state index contributed by atoms with van der Waals surface area (Å²) < 4.78 is 6.91. The molecule has 0 amide bonds. The molecule has 2 rings (SSSR count). The summed E-state index contributed by atoms with van der Waals surface area (Å²) in [5, 5.41) is 8.80. The smallest absolute Gasteiger partial charge is 0.115 e. The van der Waals surface area contributed by atoms with Crippen molar-refractivity contribution < 1.29 is 4.74 Å². The number of thiazole rings is 1. The summed E-state index contributed by atoms with van der Waals surface area (Å²) in [7, 11) is 3.63. The first-order valence-corrected chi connectivity index (χ1v) is 7.08. The summed E-state index contributed by atoms with van der Waals surface area (Å²) >= 11 is 1.73. The maximum atomic E-state index is 5.10. The Balaban J connectivity index is 2.23. The molecule has 0 spiro atoms. The van der Waals surface area contributed by atoms with Gasteiger partial charge in [-0.25, -0.2) is 4.98 Å². The Morgan fingerprint density at radius 1 is 1.47 bits per heavy atom. The van der Waals surface area contributed by atoms with Crippen LogP contribution in [0.15, 0.2) is 12.4 Å². The van der Waals surface area contributed by atoms with Crippen molar-refractivity contribution >= 4 is 11.3 Å². The molecule has 0 aromatic carbocycles. The number of methoxy groups -OCH3 is 1. The zero-order valence-corrected chi connectivity index (χ0v) is 12.6. The highest BCUT2D eigenvalue weighted by atomic mass is 32.1. The van der Waals surface area contributed by atoms with Crippen LogP contribution in [-0.4, -0.2) is 35.0 Å². The van der Waals surface area contributed by atoms with Gasteiger partial charge in [0.2, 0.25) is 0 Å². The Hall–Kier alpha value is -1.24. The molecule has 2 aromatic rings. The third-order valence-electron chi connectivity index (χ3n) is 3.00. The average molecular weight is 280 g/mol. The topological polar surface area (TPSA) is 52.0 Å². The number of ether oxygens (including phenoxy) is 1. The van der Waals surface area contributed by atoms with E-state index in [0.717, 1.165) is 22.8 Å². The third kappa shape index (κ3) is 3.40. The van der Waals surface area contributed by atoms with Gasteiger partial charge < -0.3 is 10.1 Å². The van der Waals surface area contributed by atoms with E-state index in [1.165, 1.54) is 4.88 Å². The Labute approximate surface area is 117 Å². The zero-order valence-electron chi connectivity index (χ0n) is 11.8. The molecular formula is C13H20N4OS. The van der Waals surface area contributed by atoms with Crippen molar-refractivity contribution in [3.8, 4) is 0 Å². The molecule has 0 radical (unpaired) electrons. The van der Waals surface area contributed by atoms with E-state index in [1.807, 2.05) is 31.0 Å². The van der Waals surface area contributed by atoms with E-state index in [9.17, 15) is 0 Å². The minimum atomic E-state index is 0.0845. The molecule has 0 fully saturated rings. The number of nitrogens with zero attached hydrogens (tertiary/aromatic N) is 3. The number of nitrogens with one attached hydrogen (secondary N) is 1. The van der Waals surface area contributed by atoms with Crippen LogP contribution in [0.1, 0.15) is 27.2 Å². The van der Waals surface area contributed by atoms with Crippen molar-refractivity contribution in [3.05, 3.63) is 33.5 Å². The highest BCUT2D eigenvalue weighted by Gasteiger charge is 2.19. The molecule has 0 aliphatic carbocycles. The van der Waals surface area contributed by atoms with Crippen LogP contribution in [0.25, 0.3) is 0 Å². The fraction of sp³-hybridized carbons (Fsp3) is 0.538. The molecule has 104 valence electrons. The highest BCUT2D eigenvalue weighted by molar-refractivity contribution is 7.11. The second kappa shape index (κ2) is 6.27. The molecule has 19 heavy (non-hydrogen) atoms. The molecule has 1 atom stereocenters. The zero-order chi connectivity index (χ0) is 13.8. The first-order valence-electron chi connectivity index (χ1n) is 6.26. The molecule has 6 heteroatoms. The van der Waals surface area contributed by atoms with Gasteiger partial charge >= 0.3 is 0 Å². The Morgan fingerprint density at radius 3 is 2.79 bits per heavy atom. The summed E-state index contributed by atoms with van der Waals surface area (Å²) in [4.78, 5) is 5.91. The molecule has 2 heterocycles. The van der Waals surface area contributed by atoms with E-state index >= 15 is 0 Å². The molecule has 0 bridgehead atoms. The summed E-state index contributed by atoms with van der Waals surface area (Å²) in [5.74, 6) is 0. The van der Waals surface area contributed by atoms with Crippen molar-refractivity contribution in [2.45, 2.75) is 19.9 Å². The number of aryl methyl sites for hydroxylation is 3. The summed E-state index contributed by atoms with van der Waals surface area (Å²) in [6.07, 6.45) is 3.91. The third-order valence-corrected chi connectivity index (χ3v) is 4.14. The normalized spacial score (nSPS) is 12.8. The lowest BCUT2D eigenvalue weighted by atomic mass is 10.1. The van der Waals surface area contributed by atoms with Gasteiger partial charge in [-0.2, -0.15) is 5.10 Å². The van der Waals surface area contributed by atoms with E-state index in [-0.39, 0.29) is 6.04 Å². The lowest BCUT2D eigenvalue weighted by Crippen LogP contribution is -2.25. The predicted octanol–water partition coefficient (Wildman–Crippen LogP) is 1.82. The lowest BCUT2D eigenvalue weighted by molar-refractivity contribution is 0.197. The van der Waals surface area contributed by atoms with Gasteiger partial charge in [0.15, 0.2) is 0 Å². The van der Waals surface area contributed by atoms with E-state index in [4.69, 9.17) is 4.74 Å². The molecule has 0 aliphatic rings. The van der Waals surface area contributed by atoms with Gasteiger partial charge in [-0.15, -0.1) is 11.3 Å². The maximum Gasteiger partial charge on any atom is 0.115 e. The Morgan fingerprint density at radius 2 is 2.26 bits per heavy atom. The molecule has 0 saturated carbocycles. The Kier molecular flexibility index (Phi) is 4.68. The van der Waals surface area contributed by atoms with Gasteiger partial charge in [0.1, 0.15) is 5.01 Å². The SMILES string of the molecule is COCCNC(c1cnn(C)c1)c1nc(C)c(C)s1. The van der Waals surface area contributed by atoms with E-state index in [0.29, 0.717) is 6.61 Å². The number of hydrogen-bond acceptors (Lipinski definition) is 5. The summed E-state index contributed by atoms with van der Waals surface area (Å²) in [6.45, 7) is 5.62. The number of hydrogen-bond donors (Lipinski definition) is 1.